The first-order valence-corrected chi connectivity index (χ1v) is 12.8. The molecule has 210 valence electrons. The molecule has 0 bridgehead atoms. The second kappa shape index (κ2) is 13.7. The number of morpholine rings is 1. The number of amides is 2. The number of hydrogen-bond acceptors (Lipinski definition) is 9. The summed E-state index contributed by atoms with van der Waals surface area (Å²) in [7, 11) is 1.54. The largest absolute Gasteiger partial charge is 0.444 e. The van der Waals surface area contributed by atoms with Crippen LogP contribution in [0.1, 0.15) is 46.1 Å². The molecule has 39 heavy (non-hydrogen) atoms. The summed E-state index contributed by atoms with van der Waals surface area (Å²) in [6.07, 6.45) is 3.65. The standard InChI is InChI=1S/C27H36FN7O4/c1-19(34(5)26(37)39-27(2,3)4)24(36)29-12-8-6-7-9-20-17-31-25(32-21-10-11-22(28)30-18-21)33-23(20)35-13-15-38-16-14-35/h10-11,17-19H,6,8,12-16H2,1-5H3,(H,29,36)(H,31,32,33)/t19-/m0/s1. The number of aromatic nitrogens is 3. The van der Waals surface area contributed by atoms with Crippen molar-refractivity contribution in [3.63, 3.8) is 0 Å². The lowest BCUT2D eigenvalue weighted by molar-refractivity contribution is -0.125. The Morgan fingerprint density at radius 3 is 2.64 bits per heavy atom. The second-order valence-corrected chi connectivity index (χ2v) is 9.99. The van der Waals surface area contributed by atoms with E-state index >= 15 is 0 Å². The van der Waals surface area contributed by atoms with E-state index in [9.17, 15) is 14.0 Å². The Hall–Kier alpha value is -3.98. The summed E-state index contributed by atoms with van der Waals surface area (Å²) >= 11 is 0. The van der Waals surface area contributed by atoms with Gasteiger partial charge < -0.3 is 25.0 Å². The Kier molecular flexibility index (Phi) is 10.4. The number of unbranched alkanes of at least 4 members (excludes halogenated alkanes) is 1. The van der Waals surface area contributed by atoms with Gasteiger partial charge >= 0.3 is 6.09 Å². The van der Waals surface area contributed by atoms with Crippen LogP contribution in [-0.2, 0) is 14.3 Å². The van der Waals surface area contributed by atoms with E-state index in [0.29, 0.717) is 68.7 Å². The topological polar surface area (TPSA) is 122 Å². The molecule has 2 amide bonds. The first-order valence-electron chi connectivity index (χ1n) is 12.8. The molecular formula is C27H36FN7O4. The Morgan fingerprint density at radius 2 is 1.97 bits per heavy atom. The molecule has 12 heteroatoms. The van der Waals surface area contributed by atoms with Gasteiger partial charge in [-0.25, -0.2) is 14.8 Å². The van der Waals surface area contributed by atoms with Crippen molar-refractivity contribution < 1.29 is 23.5 Å². The number of carbonyl (C=O) groups excluding carboxylic acids is 2. The van der Waals surface area contributed by atoms with Crippen molar-refractivity contribution in [2.24, 2.45) is 0 Å². The number of anilines is 3. The van der Waals surface area contributed by atoms with Gasteiger partial charge in [0.25, 0.3) is 0 Å². The molecule has 1 fully saturated rings. The Bertz CT molecular complexity index is 1190. The lowest BCUT2D eigenvalue weighted by Crippen LogP contribution is -2.47. The van der Waals surface area contributed by atoms with Gasteiger partial charge in [-0.2, -0.15) is 9.37 Å². The number of carbonyl (C=O) groups is 2. The Labute approximate surface area is 228 Å². The highest BCUT2D eigenvalue weighted by molar-refractivity contribution is 5.85. The molecule has 0 unspecified atom stereocenters. The quantitative estimate of drug-likeness (QED) is 0.295. The van der Waals surface area contributed by atoms with E-state index in [-0.39, 0.29) is 5.91 Å². The molecule has 3 rings (SSSR count). The van der Waals surface area contributed by atoms with Gasteiger partial charge in [-0.1, -0.05) is 11.8 Å². The van der Waals surface area contributed by atoms with Gasteiger partial charge in [-0.3, -0.25) is 9.69 Å². The van der Waals surface area contributed by atoms with Crippen molar-refractivity contribution in [1.82, 2.24) is 25.2 Å². The van der Waals surface area contributed by atoms with Crippen molar-refractivity contribution in [2.75, 3.05) is 50.1 Å². The fourth-order valence-corrected chi connectivity index (χ4v) is 3.48. The molecule has 1 atom stereocenters. The van der Waals surface area contributed by atoms with Crippen molar-refractivity contribution >= 4 is 29.5 Å². The maximum atomic E-state index is 13.1. The molecule has 2 aromatic heterocycles. The average molecular weight is 542 g/mol. The van der Waals surface area contributed by atoms with Crippen LogP contribution in [0.5, 0.6) is 0 Å². The third-order valence-electron chi connectivity index (χ3n) is 5.71. The number of nitrogens with zero attached hydrogens (tertiary/aromatic N) is 5. The van der Waals surface area contributed by atoms with Gasteiger partial charge in [0, 0.05) is 33.1 Å². The minimum Gasteiger partial charge on any atom is -0.444 e. The summed E-state index contributed by atoms with van der Waals surface area (Å²) in [6.45, 7) is 9.91. The molecule has 0 aromatic carbocycles. The molecule has 0 aliphatic carbocycles. The fourth-order valence-electron chi connectivity index (χ4n) is 3.48. The highest BCUT2D eigenvalue weighted by atomic mass is 19.1. The highest BCUT2D eigenvalue weighted by Gasteiger charge is 2.26. The zero-order chi connectivity index (χ0) is 28.4. The van der Waals surface area contributed by atoms with Crippen LogP contribution in [0.4, 0.5) is 26.6 Å². The minimum atomic E-state index is -0.669. The van der Waals surface area contributed by atoms with E-state index in [0.717, 1.165) is 0 Å². The minimum absolute atomic E-state index is 0.265. The summed E-state index contributed by atoms with van der Waals surface area (Å²) in [5, 5.41) is 5.87. The number of nitrogens with one attached hydrogen (secondary N) is 2. The maximum absolute atomic E-state index is 13.1. The van der Waals surface area contributed by atoms with Crippen LogP contribution < -0.4 is 15.5 Å². The average Bonchev–Trinajstić information content (AvgIpc) is 2.91. The maximum Gasteiger partial charge on any atom is 0.410 e. The van der Waals surface area contributed by atoms with E-state index in [2.05, 4.69) is 42.3 Å². The first kappa shape index (κ1) is 29.6. The van der Waals surface area contributed by atoms with Gasteiger partial charge in [0.1, 0.15) is 17.5 Å². The van der Waals surface area contributed by atoms with Crippen molar-refractivity contribution in [2.45, 2.75) is 52.2 Å². The molecular weight excluding hydrogens is 505 g/mol. The molecule has 2 N–H and O–H groups in total. The van der Waals surface area contributed by atoms with Gasteiger partial charge in [0.05, 0.1) is 36.9 Å². The van der Waals surface area contributed by atoms with Crippen LogP contribution in [0.25, 0.3) is 0 Å². The predicted octanol–water partition coefficient (Wildman–Crippen LogP) is 3.09. The van der Waals surface area contributed by atoms with E-state index < -0.39 is 23.7 Å². The summed E-state index contributed by atoms with van der Waals surface area (Å²) < 4.78 is 23.9. The van der Waals surface area contributed by atoms with Crippen LogP contribution in [0.3, 0.4) is 0 Å². The molecule has 2 aromatic rings. The molecule has 1 saturated heterocycles. The molecule has 1 aliphatic rings. The molecule has 3 heterocycles. The van der Waals surface area contributed by atoms with Crippen LogP contribution in [0.2, 0.25) is 0 Å². The molecule has 11 nitrogen and oxygen atoms in total. The third-order valence-corrected chi connectivity index (χ3v) is 5.71. The number of rotatable bonds is 8. The smallest absolute Gasteiger partial charge is 0.410 e. The third kappa shape index (κ3) is 9.37. The lowest BCUT2D eigenvalue weighted by atomic mass is 10.2. The van der Waals surface area contributed by atoms with Crippen LogP contribution in [0.15, 0.2) is 24.5 Å². The fraction of sp³-hybridized carbons (Fsp3) is 0.519. The summed E-state index contributed by atoms with van der Waals surface area (Å²) in [5.41, 5.74) is 0.609. The van der Waals surface area contributed by atoms with Crippen molar-refractivity contribution in [3.05, 3.63) is 36.0 Å². The number of hydrogen-bond donors (Lipinski definition) is 2. The molecule has 0 radical (unpaired) electrons. The number of likely N-dealkylation sites (N-methyl/N-ethyl adjacent to an activating group) is 1. The predicted molar refractivity (Wildman–Crippen MR) is 145 cm³/mol. The van der Waals surface area contributed by atoms with Gasteiger partial charge in [-0.15, -0.1) is 0 Å². The Morgan fingerprint density at radius 1 is 1.23 bits per heavy atom. The Balaban J connectivity index is 1.56. The molecule has 0 saturated carbocycles. The zero-order valence-corrected chi connectivity index (χ0v) is 23.1. The monoisotopic (exact) mass is 541 g/mol. The van der Waals surface area contributed by atoms with Crippen molar-refractivity contribution in [1.29, 1.82) is 0 Å². The SMILES string of the molecule is C[C@@H](C(=O)NCCCC#Cc1cnc(Nc2ccc(F)nc2)nc1N1CCOCC1)N(C)C(=O)OC(C)(C)C. The lowest BCUT2D eigenvalue weighted by Gasteiger charge is -2.28. The number of halogens is 1. The zero-order valence-electron chi connectivity index (χ0n) is 23.1. The summed E-state index contributed by atoms with van der Waals surface area (Å²) in [6, 6.07) is 2.15. The van der Waals surface area contributed by atoms with Gasteiger partial charge in [0.2, 0.25) is 17.8 Å². The van der Waals surface area contributed by atoms with Crippen LogP contribution in [-0.4, -0.2) is 83.4 Å². The van der Waals surface area contributed by atoms with Crippen LogP contribution in [0, 0.1) is 17.8 Å². The molecule has 1 aliphatic heterocycles. The summed E-state index contributed by atoms with van der Waals surface area (Å²) in [5.74, 6) is 6.48. The van der Waals surface area contributed by atoms with E-state index in [4.69, 9.17) is 9.47 Å². The second-order valence-electron chi connectivity index (χ2n) is 9.99. The molecule has 0 spiro atoms. The van der Waals surface area contributed by atoms with Gasteiger partial charge in [0.15, 0.2) is 0 Å². The van der Waals surface area contributed by atoms with Gasteiger partial charge in [-0.05, 0) is 46.2 Å². The normalized spacial score (nSPS) is 14.1. The van der Waals surface area contributed by atoms with E-state index in [1.54, 1.807) is 40.0 Å². The van der Waals surface area contributed by atoms with E-state index in [1.807, 2.05) is 0 Å². The highest BCUT2D eigenvalue weighted by Crippen LogP contribution is 2.21. The summed E-state index contributed by atoms with van der Waals surface area (Å²) in [4.78, 5) is 40.6. The number of pyridine rings is 1. The first-order chi connectivity index (χ1) is 18.5. The van der Waals surface area contributed by atoms with Crippen molar-refractivity contribution in [3.8, 4) is 11.8 Å². The number of ether oxygens (including phenoxy) is 2. The van der Waals surface area contributed by atoms with Crippen LogP contribution >= 0.6 is 0 Å². The van der Waals surface area contributed by atoms with E-state index in [1.165, 1.54) is 24.2 Å².